The van der Waals surface area contributed by atoms with Gasteiger partial charge in [0.2, 0.25) is 5.75 Å². The van der Waals surface area contributed by atoms with Gasteiger partial charge < -0.3 is 23.7 Å². The normalized spacial score (nSPS) is 10.5. The van der Waals surface area contributed by atoms with Crippen LogP contribution in [0.25, 0.3) is 6.08 Å². The van der Waals surface area contributed by atoms with E-state index >= 15 is 0 Å². The molecule has 0 bridgehead atoms. The molecular formula is C20H22O6. The highest BCUT2D eigenvalue weighted by Gasteiger charge is 2.19. The summed E-state index contributed by atoms with van der Waals surface area (Å²) in [5, 5.41) is 0. The van der Waals surface area contributed by atoms with Gasteiger partial charge in [-0.25, -0.2) is 0 Å². The van der Waals surface area contributed by atoms with Gasteiger partial charge in [0.25, 0.3) is 0 Å². The van der Waals surface area contributed by atoms with Gasteiger partial charge in [-0.3, -0.25) is 4.79 Å². The number of ketones is 1. The van der Waals surface area contributed by atoms with Crippen LogP contribution in [0.5, 0.6) is 28.7 Å². The third kappa shape index (κ3) is 4.08. The number of methoxy groups -OCH3 is 5. The average Bonchev–Trinajstić information content (AvgIpc) is 2.70. The first-order valence-corrected chi connectivity index (χ1v) is 7.82. The number of benzene rings is 2. The zero-order valence-corrected chi connectivity index (χ0v) is 15.5. The molecule has 2 rings (SSSR count). The zero-order valence-electron chi connectivity index (χ0n) is 15.5. The maximum atomic E-state index is 12.6. The van der Waals surface area contributed by atoms with Gasteiger partial charge in [-0.2, -0.15) is 0 Å². The highest BCUT2D eigenvalue weighted by Crippen LogP contribution is 2.40. The number of ether oxygens (including phenoxy) is 5. The van der Waals surface area contributed by atoms with Gasteiger partial charge in [-0.15, -0.1) is 0 Å². The summed E-state index contributed by atoms with van der Waals surface area (Å²) in [4.78, 5) is 12.6. The molecule has 0 N–H and O–H groups in total. The SMILES string of the molecule is COc1cc(C=CC(=O)c2ccc(OC)c(OC)c2OC)cc(OC)c1. The molecule has 2 aromatic rings. The Hall–Kier alpha value is -3.15. The number of carbonyl (C=O) groups excluding carboxylic acids is 1. The standard InChI is InChI=1S/C20H22O6/c1-22-14-10-13(11-15(12-14)23-2)6-8-17(21)16-7-9-18(24-3)20(26-5)19(16)25-4/h6-12H,1-5H3. The van der Waals surface area contributed by atoms with Crippen molar-refractivity contribution >= 4 is 11.9 Å². The molecule has 0 heterocycles. The lowest BCUT2D eigenvalue weighted by atomic mass is 10.1. The van der Waals surface area contributed by atoms with Crippen molar-refractivity contribution in [1.82, 2.24) is 0 Å². The molecule has 0 unspecified atom stereocenters. The third-order valence-corrected chi connectivity index (χ3v) is 3.77. The predicted octanol–water partition coefficient (Wildman–Crippen LogP) is 3.63. The second-order valence-electron chi connectivity index (χ2n) is 5.23. The van der Waals surface area contributed by atoms with Gasteiger partial charge in [0, 0.05) is 6.07 Å². The van der Waals surface area contributed by atoms with Crippen LogP contribution in [0.4, 0.5) is 0 Å². The number of hydrogen-bond acceptors (Lipinski definition) is 6. The van der Waals surface area contributed by atoms with E-state index in [0.717, 1.165) is 5.56 Å². The lowest BCUT2D eigenvalue weighted by molar-refractivity contribution is 0.104. The Kier molecular flexibility index (Phi) is 6.49. The fourth-order valence-corrected chi connectivity index (χ4v) is 2.48. The van der Waals surface area contributed by atoms with E-state index in [2.05, 4.69) is 0 Å². The van der Waals surface area contributed by atoms with Crippen LogP contribution in [-0.2, 0) is 0 Å². The lowest BCUT2D eigenvalue weighted by Crippen LogP contribution is -2.02. The number of allylic oxidation sites excluding steroid dienone is 1. The number of rotatable bonds is 8. The highest BCUT2D eigenvalue weighted by molar-refractivity contribution is 6.09. The summed E-state index contributed by atoms with van der Waals surface area (Å²) in [5.74, 6) is 2.23. The Balaban J connectivity index is 2.37. The van der Waals surface area contributed by atoms with Crippen LogP contribution in [0, 0.1) is 0 Å². The summed E-state index contributed by atoms with van der Waals surface area (Å²) in [7, 11) is 7.64. The van der Waals surface area contributed by atoms with Gasteiger partial charge in [-0.05, 0) is 35.9 Å². The van der Waals surface area contributed by atoms with Gasteiger partial charge in [-0.1, -0.05) is 6.08 Å². The van der Waals surface area contributed by atoms with Crippen LogP contribution in [0.2, 0.25) is 0 Å². The molecule has 0 aliphatic rings. The quantitative estimate of drug-likeness (QED) is 0.530. The third-order valence-electron chi connectivity index (χ3n) is 3.77. The van der Waals surface area contributed by atoms with Crippen molar-refractivity contribution in [3.63, 3.8) is 0 Å². The molecule has 0 radical (unpaired) electrons. The summed E-state index contributed by atoms with van der Waals surface area (Å²) in [5.41, 5.74) is 1.14. The Bertz CT molecular complexity index is 788. The molecule has 2 aromatic carbocycles. The number of carbonyl (C=O) groups is 1. The smallest absolute Gasteiger partial charge is 0.204 e. The molecule has 6 nitrogen and oxygen atoms in total. The van der Waals surface area contributed by atoms with E-state index in [4.69, 9.17) is 23.7 Å². The van der Waals surface area contributed by atoms with E-state index in [9.17, 15) is 4.79 Å². The minimum Gasteiger partial charge on any atom is -0.497 e. The van der Waals surface area contributed by atoms with Crippen molar-refractivity contribution in [3.8, 4) is 28.7 Å². The first-order chi connectivity index (χ1) is 12.6. The molecule has 26 heavy (non-hydrogen) atoms. The minimum atomic E-state index is -0.232. The largest absolute Gasteiger partial charge is 0.497 e. The zero-order chi connectivity index (χ0) is 19.1. The molecule has 0 fully saturated rings. The summed E-state index contributed by atoms with van der Waals surface area (Å²) >= 11 is 0. The molecular weight excluding hydrogens is 336 g/mol. The second kappa shape index (κ2) is 8.80. The maximum absolute atomic E-state index is 12.6. The maximum Gasteiger partial charge on any atom is 0.204 e. The van der Waals surface area contributed by atoms with E-state index < -0.39 is 0 Å². The topological polar surface area (TPSA) is 63.2 Å². The lowest BCUT2D eigenvalue weighted by Gasteiger charge is -2.14. The first kappa shape index (κ1) is 19.2. The number of hydrogen-bond donors (Lipinski definition) is 0. The van der Waals surface area contributed by atoms with E-state index in [1.165, 1.54) is 27.4 Å². The fourth-order valence-electron chi connectivity index (χ4n) is 2.48. The summed E-state index contributed by atoms with van der Waals surface area (Å²) in [6.07, 6.45) is 3.14. The molecule has 0 spiro atoms. The van der Waals surface area contributed by atoms with Crippen LogP contribution in [0.15, 0.2) is 36.4 Å². The van der Waals surface area contributed by atoms with Crippen molar-refractivity contribution in [1.29, 1.82) is 0 Å². The van der Waals surface area contributed by atoms with Crippen molar-refractivity contribution in [3.05, 3.63) is 47.5 Å². The average molecular weight is 358 g/mol. The second-order valence-corrected chi connectivity index (χ2v) is 5.23. The van der Waals surface area contributed by atoms with Gasteiger partial charge in [0.05, 0.1) is 41.1 Å². The van der Waals surface area contributed by atoms with E-state index in [1.807, 2.05) is 0 Å². The van der Waals surface area contributed by atoms with Crippen molar-refractivity contribution in [2.45, 2.75) is 0 Å². The molecule has 0 aliphatic carbocycles. The molecule has 6 heteroatoms. The Morgan fingerprint density at radius 2 is 1.38 bits per heavy atom. The van der Waals surface area contributed by atoms with E-state index in [1.54, 1.807) is 50.6 Å². The summed E-state index contributed by atoms with van der Waals surface area (Å²) in [6, 6.07) is 8.67. The monoisotopic (exact) mass is 358 g/mol. The molecule has 0 amide bonds. The molecule has 0 atom stereocenters. The molecule has 138 valence electrons. The Morgan fingerprint density at radius 3 is 1.88 bits per heavy atom. The molecule has 0 aromatic heterocycles. The van der Waals surface area contributed by atoms with E-state index in [0.29, 0.717) is 34.3 Å². The van der Waals surface area contributed by atoms with Crippen LogP contribution in [0.3, 0.4) is 0 Å². The van der Waals surface area contributed by atoms with Gasteiger partial charge in [0.1, 0.15) is 11.5 Å². The van der Waals surface area contributed by atoms with E-state index in [-0.39, 0.29) is 5.78 Å². The predicted molar refractivity (Wildman–Crippen MR) is 99.0 cm³/mol. The van der Waals surface area contributed by atoms with Crippen molar-refractivity contribution in [2.24, 2.45) is 0 Å². The van der Waals surface area contributed by atoms with Gasteiger partial charge >= 0.3 is 0 Å². The fraction of sp³-hybridized carbons (Fsp3) is 0.250. The van der Waals surface area contributed by atoms with Crippen LogP contribution >= 0.6 is 0 Å². The summed E-state index contributed by atoms with van der Waals surface area (Å²) < 4.78 is 26.4. The molecule has 0 saturated heterocycles. The minimum absolute atomic E-state index is 0.232. The van der Waals surface area contributed by atoms with Crippen molar-refractivity contribution in [2.75, 3.05) is 35.5 Å². The van der Waals surface area contributed by atoms with Crippen LogP contribution in [-0.4, -0.2) is 41.3 Å². The van der Waals surface area contributed by atoms with Gasteiger partial charge in [0.15, 0.2) is 17.3 Å². The Labute approximate surface area is 152 Å². The van der Waals surface area contributed by atoms with Crippen LogP contribution in [0.1, 0.15) is 15.9 Å². The first-order valence-electron chi connectivity index (χ1n) is 7.82. The van der Waals surface area contributed by atoms with Crippen molar-refractivity contribution < 1.29 is 28.5 Å². The van der Waals surface area contributed by atoms with Crippen LogP contribution < -0.4 is 23.7 Å². The molecule has 0 saturated carbocycles. The Morgan fingerprint density at radius 1 is 0.769 bits per heavy atom. The summed E-state index contributed by atoms with van der Waals surface area (Å²) in [6.45, 7) is 0. The molecule has 0 aliphatic heterocycles. The highest BCUT2D eigenvalue weighted by atomic mass is 16.5.